The van der Waals surface area contributed by atoms with Gasteiger partial charge in [-0.05, 0) is 12.0 Å². The molecule has 0 atom stereocenters. The largest absolute Gasteiger partial charge is 0.477 e. The Kier molecular flexibility index (Phi) is 4.87. The summed E-state index contributed by atoms with van der Waals surface area (Å²) in [7, 11) is 1.65. The first-order valence-corrected chi connectivity index (χ1v) is 7.45. The van der Waals surface area contributed by atoms with Gasteiger partial charge in [-0.15, -0.1) is 0 Å². The Balaban J connectivity index is 2.49. The highest BCUT2D eigenvalue weighted by molar-refractivity contribution is 14.2. The van der Waals surface area contributed by atoms with Gasteiger partial charge in [0.15, 0.2) is 0 Å². The number of ether oxygens (including phenoxy) is 1. The number of aromatic nitrogens is 1. The summed E-state index contributed by atoms with van der Waals surface area (Å²) in [5.74, 6) is 1.25. The minimum absolute atomic E-state index is 0.542. The van der Waals surface area contributed by atoms with Crippen LogP contribution >= 0.6 is 30.1 Å². The molecule has 0 N–H and O–H groups in total. The van der Waals surface area contributed by atoms with Gasteiger partial charge in [-0.25, -0.2) is 4.98 Å². The molecule has 0 unspecified atom stereocenters. The van der Waals surface area contributed by atoms with Crippen LogP contribution in [0.25, 0.3) is 0 Å². The van der Waals surface area contributed by atoms with E-state index >= 15 is 0 Å². The van der Waals surface area contributed by atoms with E-state index in [4.69, 9.17) is 4.74 Å². The van der Waals surface area contributed by atoms with Gasteiger partial charge < -0.3 is 4.74 Å². The van der Waals surface area contributed by atoms with Gasteiger partial charge in [-0.2, -0.15) is 0 Å². The van der Waals surface area contributed by atoms with Crippen molar-refractivity contribution in [2.45, 2.75) is 18.7 Å². The fourth-order valence-corrected chi connectivity index (χ4v) is 1.74. The summed E-state index contributed by atoms with van der Waals surface area (Å²) >= 11 is 2.23. The molecule has 0 saturated heterocycles. The summed E-state index contributed by atoms with van der Waals surface area (Å²) in [6, 6.07) is 3.92. The molecule has 0 saturated carbocycles. The molecule has 0 aliphatic rings. The molecule has 4 heteroatoms. The molecular weight excluding hydrogens is 297 g/mol. The fraction of sp³-hybridized carbons (Fsp3) is 0.444. The molecule has 13 heavy (non-hydrogen) atoms. The quantitative estimate of drug-likeness (QED) is 0.794. The van der Waals surface area contributed by atoms with Crippen LogP contribution in [0.3, 0.4) is 0 Å². The third-order valence-corrected chi connectivity index (χ3v) is 3.31. The summed E-state index contributed by atoms with van der Waals surface area (Å²) in [6.45, 7) is 4.97. The van der Waals surface area contributed by atoms with Crippen LogP contribution in [-0.2, 0) is 0 Å². The van der Waals surface area contributed by atoms with Crippen molar-refractivity contribution in [3.8, 4) is 5.88 Å². The molecule has 0 aliphatic heterocycles. The lowest BCUT2D eigenvalue weighted by molar-refractivity contribution is 0.261. The van der Waals surface area contributed by atoms with Crippen molar-refractivity contribution < 1.29 is 4.74 Å². The molecule has 0 amide bonds. The molecule has 1 aromatic heterocycles. The molecule has 0 bridgehead atoms. The van der Waals surface area contributed by atoms with Crippen LogP contribution < -0.4 is 4.74 Å². The van der Waals surface area contributed by atoms with Gasteiger partial charge in [-0.3, -0.25) is 0 Å². The summed E-state index contributed by atoms with van der Waals surface area (Å²) in [6.07, 6.45) is 1.83. The monoisotopic (exact) mass is 309 g/mol. The van der Waals surface area contributed by atoms with Crippen LogP contribution in [-0.4, -0.2) is 11.6 Å². The zero-order valence-electron chi connectivity index (χ0n) is 7.66. The van der Waals surface area contributed by atoms with Gasteiger partial charge in [-0.1, -0.05) is 22.8 Å². The Morgan fingerprint density at radius 1 is 1.54 bits per heavy atom. The number of hydrogen-bond acceptors (Lipinski definition) is 3. The van der Waals surface area contributed by atoms with Crippen LogP contribution in [0.15, 0.2) is 23.2 Å². The lowest BCUT2D eigenvalue weighted by atomic mass is 10.2. The number of halogens is 1. The zero-order chi connectivity index (χ0) is 9.68. The van der Waals surface area contributed by atoms with Gasteiger partial charge in [0.1, 0.15) is 0 Å². The summed E-state index contributed by atoms with van der Waals surface area (Å²) in [4.78, 5) is 5.32. The Bertz CT molecular complexity index is 250. The van der Waals surface area contributed by atoms with E-state index in [9.17, 15) is 0 Å². The molecule has 1 heterocycles. The summed E-state index contributed by atoms with van der Waals surface area (Å²) in [5.41, 5.74) is 0. The van der Waals surface area contributed by atoms with Crippen molar-refractivity contribution in [1.82, 2.24) is 4.98 Å². The van der Waals surface area contributed by atoms with E-state index in [0.717, 1.165) is 11.5 Å². The van der Waals surface area contributed by atoms with E-state index in [-0.39, 0.29) is 0 Å². The standard InChI is InChI=1S/C9H12INOS/c1-7(2)6-12-9-4-3-8(13-10)5-11-9/h3-5,7H,6H2,1-2H3. The molecule has 1 rings (SSSR count). The van der Waals surface area contributed by atoms with Crippen molar-refractivity contribution >= 4 is 30.1 Å². The van der Waals surface area contributed by atoms with Crippen molar-refractivity contribution in [3.05, 3.63) is 18.3 Å². The summed E-state index contributed by atoms with van der Waals surface area (Å²) < 4.78 is 5.44. The first-order chi connectivity index (χ1) is 6.22. The lowest BCUT2D eigenvalue weighted by Crippen LogP contribution is -2.05. The van der Waals surface area contributed by atoms with E-state index in [0.29, 0.717) is 11.8 Å². The van der Waals surface area contributed by atoms with E-state index in [1.165, 1.54) is 0 Å². The highest BCUT2D eigenvalue weighted by Crippen LogP contribution is 2.24. The topological polar surface area (TPSA) is 22.1 Å². The van der Waals surface area contributed by atoms with Crippen molar-refractivity contribution in [2.75, 3.05) is 6.61 Å². The Hall–Kier alpha value is 0.0300. The van der Waals surface area contributed by atoms with Gasteiger partial charge in [0, 0.05) is 38.4 Å². The van der Waals surface area contributed by atoms with Crippen molar-refractivity contribution in [3.63, 3.8) is 0 Å². The predicted octanol–water partition coefficient (Wildman–Crippen LogP) is 3.56. The average molecular weight is 309 g/mol. The third kappa shape index (κ3) is 4.17. The van der Waals surface area contributed by atoms with Crippen molar-refractivity contribution in [2.24, 2.45) is 5.92 Å². The number of rotatable bonds is 4. The maximum absolute atomic E-state index is 5.44. The molecule has 2 nitrogen and oxygen atoms in total. The molecule has 0 radical (unpaired) electrons. The average Bonchev–Trinajstić information content (AvgIpc) is 2.15. The highest BCUT2D eigenvalue weighted by atomic mass is 127. The van der Waals surface area contributed by atoms with Gasteiger partial charge >= 0.3 is 0 Å². The molecule has 0 aromatic carbocycles. The molecule has 0 aliphatic carbocycles. The molecule has 0 spiro atoms. The molecule has 72 valence electrons. The summed E-state index contributed by atoms with van der Waals surface area (Å²) in [5, 5.41) is 0. The van der Waals surface area contributed by atoms with E-state index in [1.54, 1.807) is 8.93 Å². The van der Waals surface area contributed by atoms with E-state index in [1.807, 2.05) is 18.3 Å². The first kappa shape index (κ1) is 11.1. The van der Waals surface area contributed by atoms with Crippen LogP contribution in [0.2, 0.25) is 0 Å². The Morgan fingerprint density at radius 3 is 2.77 bits per heavy atom. The van der Waals surface area contributed by atoms with E-state index in [2.05, 4.69) is 40.0 Å². The maximum atomic E-state index is 5.44. The van der Waals surface area contributed by atoms with Crippen LogP contribution in [0.5, 0.6) is 5.88 Å². The van der Waals surface area contributed by atoms with Gasteiger partial charge in [0.05, 0.1) is 6.61 Å². The highest BCUT2D eigenvalue weighted by Gasteiger charge is 1.98. The maximum Gasteiger partial charge on any atom is 0.213 e. The molecule has 1 aromatic rings. The van der Waals surface area contributed by atoms with Gasteiger partial charge in [0.25, 0.3) is 0 Å². The normalized spacial score (nSPS) is 10.5. The van der Waals surface area contributed by atoms with Gasteiger partial charge in [0.2, 0.25) is 5.88 Å². The van der Waals surface area contributed by atoms with Crippen LogP contribution in [0.4, 0.5) is 0 Å². The third-order valence-electron chi connectivity index (χ3n) is 1.36. The van der Waals surface area contributed by atoms with E-state index < -0.39 is 0 Å². The van der Waals surface area contributed by atoms with Crippen LogP contribution in [0, 0.1) is 5.92 Å². The number of nitrogens with zero attached hydrogens (tertiary/aromatic N) is 1. The minimum atomic E-state index is 0.542. The smallest absolute Gasteiger partial charge is 0.213 e. The second-order valence-corrected chi connectivity index (χ2v) is 5.06. The predicted molar refractivity (Wildman–Crippen MR) is 64.4 cm³/mol. The molecule has 0 fully saturated rings. The second-order valence-electron chi connectivity index (χ2n) is 3.11. The fourth-order valence-electron chi connectivity index (χ4n) is 0.750. The minimum Gasteiger partial charge on any atom is -0.477 e. The zero-order valence-corrected chi connectivity index (χ0v) is 10.6. The second kappa shape index (κ2) is 5.70. The lowest BCUT2D eigenvalue weighted by Gasteiger charge is -2.07. The van der Waals surface area contributed by atoms with Crippen LogP contribution in [0.1, 0.15) is 13.8 Å². The van der Waals surface area contributed by atoms with Crippen molar-refractivity contribution in [1.29, 1.82) is 0 Å². The Labute approximate surface area is 95.1 Å². The Morgan fingerprint density at radius 2 is 2.31 bits per heavy atom. The number of hydrogen-bond donors (Lipinski definition) is 0. The number of pyridine rings is 1. The molecular formula is C9H12INOS. The first-order valence-electron chi connectivity index (χ1n) is 4.10. The SMILES string of the molecule is CC(C)COc1ccc(SI)cn1.